The summed E-state index contributed by atoms with van der Waals surface area (Å²) < 4.78 is 7.09. The molecule has 1 aliphatic carbocycles. The predicted molar refractivity (Wildman–Crippen MR) is 126 cm³/mol. The second-order valence-electron chi connectivity index (χ2n) is 8.23. The van der Waals surface area contributed by atoms with Gasteiger partial charge in [0.25, 0.3) is 0 Å². The molecule has 6 heteroatoms. The van der Waals surface area contributed by atoms with Crippen LogP contribution >= 0.6 is 0 Å². The van der Waals surface area contributed by atoms with E-state index in [1.807, 2.05) is 66.7 Å². The number of anilines is 1. The molecule has 6 nitrogen and oxygen atoms in total. The minimum atomic E-state index is -0.541. The molecular formula is C27H23N3O3. The smallest absolute Gasteiger partial charge is 0.413 e. The average Bonchev–Trinajstić information content (AvgIpc) is 3.55. The highest BCUT2D eigenvalue weighted by molar-refractivity contribution is 5.83. The molecule has 5 rings (SSSR count). The predicted octanol–water partition coefficient (Wildman–Crippen LogP) is 5.52. The number of imidazole rings is 1. The number of benzene rings is 3. The van der Waals surface area contributed by atoms with Crippen molar-refractivity contribution < 1.29 is 14.3 Å². The largest absolute Gasteiger partial charge is 0.444 e. The van der Waals surface area contributed by atoms with E-state index in [-0.39, 0.29) is 12.0 Å². The topological polar surface area (TPSA) is 73.2 Å². The molecule has 0 bridgehead atoms. The number of carbonyl (C=O) groups is 2. The van der Waals surface area contributed by atoms with Gasteiger partial charge in [-0.2, -0.15) is 0 Å². The van der Waals surface area contributed by atoms with E-state index >= 15 is 0 Å². The molecule has 0 aliphatic heterocycles. The molecule has 1 saturated carbocycles. The number of hydrogen-bond acceptors (Lipinski definition) is 4. The fourth-order valence-electron chi connectivity index (χ4n) is 3.88. The van der Waals surface area contributed by atoms with Gasteiger partial charge in [0.15, 0.2) is 0 Å². The first-order chi connectivity index (χ1) is 16.2. The molecular weight excluding hydrogens is 414 g/mol. The summed E-state index contributed by atoms with van der Waals surface area (Å²) >= 11 is 0. The van der Waals surface area contributed by atoms with Gasteiger partial charge in [0.1, 0.15) is 25.0 Å². The van der Waals surface area contributed by atoms with Crippen LogP contribution in [-0.2, 0) is 21.6 Å². The van der Waals surface area contributed by atoms with Gasteiger partial charge in [-0.25, -0.2) is 9.78 Å². The fraction of sp³-hybridized carbons (Fsp3) is 0.148. The second kappa shape index (κ2) is 8.74. The van der Waals surface area contributed by atoms with E-state index in [1.165, 1.54) is 0 Å². The van der Waals surface area contributed by atoms with Crippen LogP contribution in [0, 0.1) is 0 Å². The Labute approximate surface area is 191 Å². The first-order valence-corrected chi connectivity index (χ1v) is 10.8. The second-order valence-corrected chi connectivity index (χ2v) is 8.23. The number of nitrogens with one attached hydrogen (secondary N) is 1. The zero-order chi connectivity index (χ0) is 22.7. The molecule has 0 atom stereocenters. The van der Waals surface area contributed by atoms with E-state index in [9.17, 15) is 9.59 Å². The van der Waals surface area contributed by atoms with Gasteiger partial charge in [-0.15, -0.1) is 0 Å². The highest BCUT2D eigenvalue weighted by Crippen LogP contribution is 2.46. The van der Waals surface area contributed by atoms with Gasteiger partial charge in [-0.05, 0) is 47.2 Å². The van der Waals surface area contributed by atoms with Crippen molar-refractivity contribution in [3.8, 4) is 16.8 Å². The quantitative estimate of drug-likeness (QED) is 0.387. The van der Waals surface area contributed by atoms with E-state index < -0.39 is 6.09 Å². The van der Waals surface area contributed by atoms with E-state index in [0.29, 0.717) is 5.82 Å². The summed E-state index contributed by atoms with van der Waals surface area (Å²) in [6.07, 6.45) is 5.63. The Balaban J connectivity index is 1.26. The van der Waals surface area contributed by atoms with E-state index in [1.54, 1.807) is 17.1 Å². The number of aldehydes is 1. The molecule has 0 radical (unpaired) electrons. The molecule has 1 N–H and O–H groups in total. The number of amides is 1. The number of hydrogen-bond donors (Lipinski definition) is 1. The third-order valence-electron chi connectivity index (χ3n) is 6.03. The van der Waals surface area contributed by atoms with Gasteiger partial charge in [-0.3, -0.25) is 9.88 Å². The Morgan fingerprint density at radius 2 is 1.64 bits per heavy atom. The highest BCUT2D eigenvalue weighted by Gasteiger charge is 2.44. The number of ether oxygens (including phenoxy) is 1. The first-order valence-electron chi connectivity index (χ1n) is 10.8. The van der Waals surface area contributed by atoms with E-state index in [4.69, 9.17) is 4.74 Å². The molecule has 0 spiro atoms. The van der Waals surface area contributed by atoms with Crippen LogP contribution in [0.5, 0.6) is 0 Å². The zero-order valence-corrected chi connectivity index (χ0v) is 18.0. The maximum atomic E-state index is 12.2. The maximum absolute atomic E-state index is 12.2. The van der Waals surface area contributed by atoms with Gasteiger partial charge in [0.05, 0.1) is 11.6 Å². The summed E-state index contributed by atoms with van der Waals surface area (Å²) in [7, 11) is 0. The van der Waals surface area contributed by atoms with Crippen molar-refractivity contribution >= 4 is 18.2 Å². The van der Waals surface area contributed by atoms with E-state index in [2.05, 4.69) is 22.4 Å². The van der Waals surface area contributed by atoms with Crippen LogP contribution in [-0.4, -0.2) is 21.9 Å². The molecule has 1 fully saturated rings. The Morgan fingerprint density at radius 1 is 0.970 bits per heavy atom. The van der Waals surface area contributed by atoms with Crippen molar-refractivity contribution in [3.63, 3.8) is 0 Å². The van der Waals surface area contributed by atoms with Crippen molar-refractivity contribution in [2.45, 2.75) is 24.9 Å². The molecule has 33 heavy (non-hydrogen) atoms. The lowest BCUT2D eigenvalue weighted by atomic mass is 9.95. The van der Waals surface area contributed by atoms with Crippen LogP contribution in [0.3, 0.4) is 0 Å². The molecule has 1 amide bonds. The average molecular weight is 437 g/mol. The van der Waals surface area contributed by atoms with Crippen LogP contribution in [0.15, 0.2) is 91.4 Å². The first kappa shape index (κ1) is 20.7. The maximum Gasteiger partial charge on any atom is 0.413 e. The van der Waals surface area contributed by atoms with Crippen molar-refractivity contribution in [3.05, 3.63) is 103 Å². The Morgan fingerprint density at radius 3 is 2.27 bits per heavy atom. The normalized spacial score (nSPS) is 13.8. The monoisotopic (exact) mass is 437 g/mol. The zero-order valence-electron chi connectivity index (χ0n) is 18.0. The van der Waals surface area contributed by atoms with E-state index in [0.717, 1.165) is 47.1 Å². The van der Waals surface area contributed by atoms with Crippen LogP contribution in [0.25, 0.3) is 16.8 Å². The lowest BCUT2D eigenvalue weighted by molar-refractivity contribution is -0.109. The molecule has 1 aromatic heterocycles. The summed E-state index contributed by atoms with van der Waals surface area (Å²) in [5.74, 6) is 0.522. The lowest BCUT2D eigenvalue weighted by Crippen LogP contribution is -2.15. The molecule has 0 saturated heterocycles. The summed E-state index contributed by atoms with van der Waals surface area (Å²) in [5, 5.41) is 2.75. The SMILES string of the molecule is O=CC1(c2ccc(-c3ccc(-n4cncc4NC(=O)OCc4ccccc4)cc3)cc2)CC1. The summed E-state index contributed by atoms with van der Waals surface area (Å²) in [6.45, 7) is 0.197. The molecule has 4 aromatic rings. The minimum Gasteiger partial charge on any atom is -0.444 e. The molecule has 0 unspecified atom stereocenters. The molecule has 3 aromatic carbocycles. The van der Waals surface area contributed by atoms with Crippen molar-refractivity contribution in [2.24, 2.45) is 0 Å². The number of rotatable bonds is 7. The Kier molecular flexibility index (Phi) is 5.48. The Hall–Kier alpha value is -4.19. The fourth-order valence-corrected chi connectivity index (χ4v) is 3.88. The van der Waals surface area contributed by atoms with Crippen LogP contribution in [0.2, 0.25) is 0 Å². The summed E-state index contributed by atoms with van der Waals surface area (Å²) in [4.78, 5) is 27.7. The van der Waals surface area contributed by atoms with Gasteiger partial charge < -0.3 is 9.53 Å². The third kappa shape index (κ3) is 4.41. The van der Waals surface area contributed by atoms with Gasteiger partial charge in [0, 0.05) is 5.69 Å². The molecule has 1 aliphatic rings. The van der Waals surface area contributed by atoms with Gasteiger partial charge >= 0.3 is 6.09 Å². The summed E-state index contributed by atoms with van der Waals surface area (Å²) in [6, 6.07) is 25.7. The number of aromatic nitrogens is 2. The highest BCUT2D eigenvalue weighted by atomic mass is 16.5. The van der Waals surface area contributed by atoms with Crippen LogP contribution in [0.4, 0.5) is 10.6 Å². The van der Waals surface area contributed by atoms with Crippen molar-refractivity contribution in [1.29, 1.82) is 0 Å². The van der Waals surface area contributed by atoms with Gasteiger partial charge in [0.2, 0.25) is 0 Å². The standard InChI is InChI=1S/C27H23N3O3/c31-18-27(14-15-27)23-10-6-21(7-11-23)22-8-12-24(13-9-22)30-19-28-16-25(30)29-26(32)33-17-20-4-2-1-3-5-20/h1-13,16,18-19H,14-15,17H2,(H,29,32). The van der Waals surface area contributed by atoms with Crippen LogP contribution in [0.1, 0.15) is 24.0 Å². The van der Waals surface area contributed by atoms with Crippen LogP contribution < -0.4 is 5.32 Å². The molecule has 1 heterocycles. The lowest BCUT2D eigenvalue weighted by Gasteiger charge is -2.12. The van der Waals surface area contributed by atoms with Gasteiger partial charge in [-0.1, -0.05) is 66.7 Å². The van der Waals surface area contributed by atoms with Crippen molar-refractivity contribution in [1.82, 2.24) is 9.55 Å². The Bertz CT molecular complexity index is 1260. The molecule has 164 valence electrons. The number of carbonyl (C=O) groups excluding carboxylic acids is 2. The summed E-state index contributed by atoms with van der Waals surface area (Å²) in [5.41, 5.74) is 4.77. The number of nitrogens with zero attached hydrogens (tertiary/aromatic N) is 2. The van der Waals surface area contributed by atoms with Crippen molar-refractivity contribution in [2.75, 3.05) is 5.32 Å². The third-order valence-corrected chi connectivity index (χ3v) is 6.03. The minimum absolute atomic E-state index is 0.197.